The van der Waals surface area contributed by atoms with Crippen LogP contribution in [0.15, 0.2) is 65.1 Å². The minimum Gasteiger partial charge on any atom is -0.463 e. The summed E-state index contributed by atoms with van der Waals surface area (Å²) in [6.07, 6.45) is 1.88. The van der Waals surface area contributed by atoms with Crippen molar-refractivity contribution in [1.82, 2.24) is 4.31 Å². The molecule has 130 valence electrons. The van der Waals surface area contributed by atoms with E-state index in [1.807, 2.05) is 18.2 Å². The third-order valence-electron chi connectivity index (χ3n) is 3.81. The summed E-state index contributed by atoms with van der Waals surface area (Å²) in [4.78, 5) is 13.2. The highest BCUT2D eigenvalue weighted by Crippen LogP contribution is 2.41. The van der Waals surface area contributed by atoms with Crippen LogP contribution in [0.3, 0.4) is 0 Å². The van der Waals surface area contributed by atoms with Gasteiger partial charge in [-0.1, -0.05) is 29.8 Å². The fraction of sp³-hybridized carbons (Fsp3) is 0.211. The van der Waals surface area contributed by atoms with Gasteiger partial charge in [-0.3, -0.25) is 0 Å². The Bertz CT molecular complexity index is 777. The second-order valence-electron chi connectivity index (χ2n) is 5.48. The number of carbonyl (C=O) groups excluding carboxylic acids is 1. The Morgan fingerprint density at radius 3 is 2.56 bits per heavy atom. The van der Waals surface area contributed by atoms with Gasteiger partial charge < -0.3 is 4.74 Å². The molecule has 0 aromatic heterocycles. The van der Waals surface area contributed by atoms with Gasteiger partial charge in [-0.15, -0.1) is 0 Å². The number of benzene rings is 2. The molecular formula is C19H17ClFNO2S. The number of carbonyl (C=O) groups is 1. The zero-order valence-electron chi connectivity index (χ0n) is 13.6. The van der Waals surface area contributed by atoms with E-state index in [0.717, 1.165) is 10.5 Å². The van der Waals surface area contributed by atoms with Crippen molar-refractivity contribution in [2.45, 2.75) is 17.9 Å². The largest absolute Gasteiger partial charge is 0.463 e. The molecule has 0 radical (unpaired) electrons. The molecule has 0 bridgehead atoms. The molecule has 1 heterocycles. The zero-order chi connectivity index (χ0) is 17.8. The van der Waals surface area contributed by atoms with Crippen LogP contribution in [0, 0.1) is 5.82 Å². The first-order valence-corrected chi connectivity index (χ1v) is 9.06. The summed E-state index contributed by atoms with van der Waals surface area (Å²) in [5.41, 5.74) is 1.56. The third-order valence-corrected chi connectivity index (χ3v) is 5.14. The quantitative estimate of drug-likeness (QED) is 0.539. The molecule has 0 saturated carbocycles. The number of hydrogen-bond acceptors (Lipinski definition) is 4. The molecule has 2 aromatic carbocycles. The predicted octanol–water partition coefficient (Wildman–Crippen LogP) is 5.03. The van der Waals surface area contributed by atoms with Gasteiger partial charge in [-0.05, 0) is 60.8 Å². The lowest BCUT2D eigenvalue weighted by atomic mass is 10.0. The van der Waals surface area contributed by atoms with Crippen LogP contribution in [0.25, 0.3) is 0 Å². The first-order chi connectivity index (χ1) is 12.1. The SMILES string of the molecule is CCOC(=O)C1=CCN(Sc2ccc(F)cc2)C1c1ccc(Cl)cc1. The van der Waals surface area contributed by atoms with Gasteiger partial charge in [-0.2, -0.15) is 0 Å². The summed E-state index contributed by atoms with van der Waals surface area (Å²) in [6.45, 7) is 2.70. The van der Waals surface area contributed by atoms with Gasteiger partial charge in [0.1, 0.15) is 5.82 Å². The lowest BCUT2D eigenvalue weighted by molar-refractivity contribution is -0.138. The summed E-state index contributed by atoms with van der Waals surface area (Å²) in [6, 6.07) is 13.5. The normalized spacial score (nSPS) is 17.4. The highest BCUT2D eigenvalue weighted by Gasteiger charge is 2.34. The van der Waals surface area contributed by atoms with Crippen molar-refractivity contribution in [2.75, 3.05) is 13.2 Å². The molecule has 0 aliphatic carbocycles. The van der Waals surface area contributed by atoms with Crippen molar-refractivity contribution in [2.24, 2.45) is 0 Å². The minimum atomic E-state index is -0.315. The van der Waals surface area contributed by atoms with Crippen LogP contribution in [0.4, 0.5) is 4.39 Å². The maximum atomic E-state index is 13.1. The Morgan fingerprint density at radius 1 is 1.24 bits per heavy atom. The number of ether oxygens (including phenoxy) is 1. The van der Waals surface area contributed by atoms with E-state index in [9.17, 15) is 9.18 Å². The van der Waals surface area contributed by atoms with Gasteiger partial charge in [0, 0.05) is 16.5 Å². The third kappa shape index (κ3) is 4.24. The van der Waals surface area contributed by atoms with Crippen LogP contribution in [0.1, 0.15) is 18.5 Å². The maximum absolute atomic E-state index is 13.1. The van der Waals surface area contributed by atoms with Crippen LogP contribution in [0.5, 0.6) is 0 Å². The Balaban J connectivity index is 1.88. The van der Waals surface area contributed by atoms with E-state index in [4.69, 9.17) is 16.3 Å². The Labute approximate surface area is 155 Å². The fourth-order valence-corrected chi connectivity index (χ4v) is 3.83. The van der Waals surface area contributed by atoms with E-state index in [2.05, 4.69) is 4.31 Å². The molecule has 1 aliphatic heterocycles. The molecule has 1 aliphatic rings. The summed E-state index contributed by atoms with van der Waals surface area (Å²) in [5, 5.41) is 0.640. The van der Waals surface area contributed by atoms with Crippen LogP contribution < -0.4 is 0 Å². The average molecular weight is 378 g/mol. The molecule has 2 aromatic rings. The van der Waals surface area contributed by atoms with Crippen molar-refractivity contribution in [3.05, 3.63) is 76.6 Å². The van der Waals surface area contributed by atoms with E-state index in [1.165, 1.54) is 24.1 Å². The van der Waals surface area contributed by atoms with Gasteiger partial charge in [-0.25, -0.2) is 13.5 Å². The van der Waals surface area contributed by atoms with Crippen LogP contribution >= 0.6 is 23.5 Å². The molecule has 0 fully saturated rings. The second kappa shape index (κ2) is 8.04. The Hall–Kier alpha value is -1.82. The molecule has 1 atom stereocenters. The van der Waals surface area contributed by atoms with E-state index in [-0.39, 0.29) is 17.8 Å². The van der Waals surface area contributed by atoms with Gasteiger partial charge in [0.25, 0.3) is 0 Å². The van der Waals surface area contributed by atoms with E-state index in [0.29, 0.717) is 23.7 Å². The molecule has 0 amide bonds. The van der Waals surface area contributed by atoms with Gasteiger partial charge in [0.15, 0.2) is 0 Å². The topological polar surface area (TPSA) is 29.5 Å². The fourth-order valence-electron chi connectivity index (χ4n) is 2.68. The van der Waals surface area contributed by atoms with Crippen molar-refractivity contribution < 1.29 is 13.9 Å². The number of halogens is 2. The summed E-state index contributed by atoms with van der Waals surface area (Å²) >= 11 is 7.47. The first kappa shape index (κ1) is 18.0. The highest BCUT2D eigenvalue weighted by molar-refractivity contribution is 7.97. The predicted molar refractivity (Wildman–Crippen MR) is 97.9 cm³/mol. The first-order valence-electron chi connectivity index (χ1n) is 7.91. The molecule has 0 spiro atoms. The van der Waals surface area contributed by atoms with Crippen LogP contribution in [-0.4, -0.2) is 23.4 Å². The van der Waals surface area contributed by atoms with Gasteiger partial charge in [0.2, 0.25) is 0 Å². The maximum Gasteiger partial charge on any atom is 0.335 e. The Morgan fingerprint density at radius 2 is 1.92 bits per heavy atom. The number of hydrogen-bond donors (Lipinski definition) is 0. The summed E-state index contributed by atoms with van der Waals surface area (Å²) < 4.78 is 20.4. The molecule has 0 N–H and O–H groups in total. The number of nitrogens with zero attached hydrogens (tertiary/aromatic N) is 1. The molecular weight excluding hydrogens is 361 g/mol. The second-order valence-corrected chi connectivity index (χ2v) is 7.04. The van der Waals surface area contributed by atoms with E-state index >= 15 is 0 Å². The van der Waals surface area contributed by atoms with Crippen LogP contribution in [-0.2, 0) is 9.53 Å². The molecule has 1 unspecified atom stereocenters. The standard InChI is InChI=1S/C19H17ClFNO2S/c1-2-24-19(23)17-11-12-22(25-16-9-7-15(21)8-10-16)18(17)13-3-5-14(20)6-4-13/h3-11,18H,2,12H2,1H3. The van der Waals surface area contributed by atoms with E-state index in [1.54, 1.807) is 31.2 Å². The van der Waals surface area contributed by atoms with Gasteiger partial charge >= 0.3 is 5.97 Å². The highest BCUT2D eigenvalue weighted by atomic mass is 35.5. The smallest absolute Gasteiger partial charge is 0.335 e. The lowest BCUT2D eigenvalue weighted by Crippen LogP contribution is -2.22. The minimum absolute atomic E-state index is 0.244. The molecule has 3 nitrogen and oxygen atoms in total. The molecule has 0 saturated heterocycles. The van der Waals surface area contributed by atoms with Crippen molar-refractivity contribution in [1.29, 1.82) is 0 Å². The summed E-state index contributed by atoms with van der Waals surface area (Å²) in [7, 11) is 0. The number of rotatable bonds is 5. The van der Waals surface area contributed by atoms with Crippen molar-refractivity contribution in [3.8, 4) is 0 Å². The molecule has 6 heteroatoms. The lowest BCUT2D eigenvalue weighted by Gasteiger charge is -2.26. The number of esters is 1. The van der Waals surface area contributed by atoms with Crippen molar-refractivity contribution >= 4 is 29.5 Å². The average Bonchev–Trinajstić information content (AvgIpc) is 3.01. The molecule has 3 rings (SSSR count). The van der Waals surface area contributed by atoms with Crippen molar-refractivity contribution in [3.63, 3.8) is 0 Å². The van der Waals surface area contributed by atoms with Gasteiger partial charge in [0.05, 0.1) is 18.2 Å². The summed E-state index contributed by atoms with van der Waals surface area (Å²) in [5.74, 6) is -0.588. The Kier molecular flexibility index (Phi) is 5.78. The zero-order valence-corrected chi connectivity index (χ0v) is 15.2. The van der Waals surface area contributed by atoms with E-state index < -0.39 is 0 Å². The molecule has 25 heavy (non-hydrogen) atoms. The monoisotopic (exact) mass is 377 g/mol. The van der Waals surface area contributed by atoms with Crippen LogP contribution in [0.2, 0.25) is 5.02 Å².